The first-order valence-corrected chi connectivity index (χ1v) is 11.8. The summed E-state index contributed by atoms with van der Waals surface area (Å²) in [6.45, 7) is 8.37. The van der Waals surface area contributed by atoms with E-state index in [1.54, 1.807) is 6.20 Å². The van der Waals surface area contributed by atoms with Crippen molar-refractivity contribution in [3.63, 3.8) is 0 Å². The second-order valence-electron chi connectivity index (χ2n) is 8.08. The number of imidazole rings is 1. The van der Waals surface area contributed by atoms with Crippen molar-refractivity contribution in [3.05, 3.63) is 90.3 Å². The van der Waals surface area contributed by atoms with Gasteiger partial charge in [0, 0.05) is 35.5 Å². The molecule has 0 saturated heterocycles. The molecule has 1 aromatic heterocycles. The van der Waals surface area contributed by atoms with E-state index >= 15 is 4.39 Å². The molecule has 5 rings (SSSR count). The molecule has 0 spiro atoms. The summed E-state index contributed by atoms with van der Waals surface area (Å²) in [5.74, 6) is 1.45. The van der Waals surface area contributed by atoms with E-state index in [9.17, 15) is 0 Å². The van der Waals surface area contributed by atoms with Crippen molar-refractivity contribution in [1.82, 2.24) is 9.55 Å². The van der Waals surface area contributed by atoms with E-state index in [-0.39, 0.29) is 0 Å². The number of rotatable bonds is 4. The Hall–Kier alpha value is -3.40. The fourth-order valence-corrected chi connectivity index (χ4v) is 4.52. The van der Waals surface area contributed by atoms with Crippen molar-refractivity contribution in [2.24, 2.45) is 0 Å². The molecule has 0 fully saturated rings. The number of aromatic nitrogens is 2. The monoisotopic (exact) mass is 442 g/mol. The minimum atomic E-state index is -1.44. The average Bonchev–Trinajstić information content (AvgIpc) is 3.30. The zero-order chi connectivity index (χ0) is 23.4. The Morgan fingerprint density at radius 3 is 2.55 bits per heavy atom. The van der Waals surface area contributed by atoms with Crippen molar-refractivity contribution in [2.45, 2.75) is 46.2 Å². The zero-order valence-electron chi connectivity index (χ0n) is 19.8. The third-order valence-electron chi connectivity index (χ3n) is 6.25. The third kappa shape index (κ3) is 4.18. The summed E-state index contributed by atoms with van der Waals surface area (Å²) in [4.78, 5) is 4.69. The molecule has 2 bridgehead atoms. The van der Waals surface area contributed by atoms with Crippen LogP contribution in [-0.2, 0) is 5.67 Å². The van der Waals surface area contributed by atoms with Gasteiger partial charge in [-0.3, -0.25) is 4.57 Å². The van der Waals surface area contributed by atoms with E-state index < -0.39 is 5.67 Å². The van der Waals surface area contributed by atoms with Crippen molar-refractivity contribution < 1.29 is 9.13 Å². The summed E-state index contributed by atoms with van der Waals surface area (Å²) in [6, 6.07) is 22.3. The number of fused-ring (bicyclic) bond motifs is 2. The quantitative estimate of drug-likeness (QED) is 0.321. The first kappa shape index (κ1) is 22.8. The maximum atomic E-state index is 16.0. The summed E-state index contributed by atoms with van der Waals surface area (Å²) in [5.41, 5.74) is 4.48. The fourth-order valence-electron chi connectivity index (χ4n) is 4.52. The van der Waals surface area contributed by atoms with Gasteiger partial charge in [0.15, 0.2) is 0 Å². The first-order valence-electron chi connectivity index (χ1n) is 11.8. The van der Waals surface area contributed by atoms with Crippen LogP contribution in [0.5, 0.6) is 5.75 Å². The van der Waals surface area contributed by atoms with Gasteiger partial charge in [0.2, 0.25) is 0 Å². The molecule has 1 aliphatic rings. The lowest BCUT2D eigenvalue weighted by Gasteiger charge is -2.25. The normalized spacial score (nSPS) is 16.9. The number of benzene rings is 3. The van der Waals surface area contributed by atoms with Crippen LogP contribution in [0.3, 0.4) is 0 Å². The van der Waals surface area contributed by atoms with Crippen LogP contribution in [0.1, 0.15) is 44.7 Å². The molecule has 0 amide bonds. The number of para-hydroxylation sites is 1. The highest BCUT2D eigenvalue weighted by Crippen LogP contribution is 2.44. The first-order chi connectivity index (χ1) is 16.1. The second kappa shape index (κ2) is 9.62. The summed E-state index contributed by atoms with van der Waals surface area (Å²) in [5, 5.41) is 0. The minimum Gasteiger partial charge on any atom is -0.493 e. The fraction of sp³-hybridized carbons (Fsp3) is 0.276. The summed E-state index contributed by atoms with van der Waals surface area (Å²) in [6.07, 6.45) is 4.48. The van der Waals surface area contributed by atoms with Crippen LogP contribution in [0, 0.1) is 6.92 Å². The molecule has 0 N–H and O–H groups in total. The maximum absolute atomic E-state index is 16.0. The van der Waals surface area contributed by atoms with Gasteiger partial charge >= 0.3 is 0 Å². The van der Waals surface area contributed by atoms with Gasteiger partial charge in [-0.25, -0.2) is 9.37 Å². The highest BCUT2D eigenvalue weighted by atomic mass is 19.1. The van der Waals surface area contributed by atoms with E-state index in [1.165, 1.54) is 0 Å². The molecule has 33 heavy (non-hydrogen) atoms. The van der Waals surface area contributed by atoms with Crippen LogP contribution in [0.15, 0.2) is 79.1 Å². The van der Waals surface area contributed by atoms with Gasteiger partial charge in [-0.05, 0) is 42.7 Å². The molecule has 4 aromatic rings. The SMILES string of the molecule is CC.CCC1(F)CCOc2ccc(-c3nccn3-c3c(C)cccc3-c3ccccc3)c1c2. The van der Waals surface area contributed by atoms with Gasteiger partial charge < -0.3 is 4.74 Å². The van der Waals surface area contributed by atoms with Crippen molar-refractivity contribution >= 4 is 0 Å². The molecule has 3 aromatic carbocycles. The molecular weight excluding hydrogens is 411 g/mol. The summed E-state index contributed by atoms with van der Waals surface area (Å²) in [7, 11) is 0. The molecule has 1 aliphatic heterocycles. The predicted octanol–water partition coefficient (Wildman–Crippen LogP) is 7.90. The molecular formula is C29H31FN2O. The summed E-state index contributed by atoms with van der Waals surface area (Å²) >= 11 is 0. The van der Waals surface area contributed by atoms with Crippen molar-refractivity contribution in [2.75, 3.05) is 6.61 Å². The predicted molar refractivity (Wildman–Crippen MR) is 134 cm³/mol. The lowest BCUT2D eigenvalue weighted by molar-refractivity contribution is 0.123. The zero-order valence-corrected chi connectivity index (χ0v) is 19.8. The van der Waals surface area contributed by atoms with Crippen molar-refractivity contribution in [1.29, 1.82) is 0 Å². The van der Waals surface area contributed by atoms with Crippen LogP contribution < -0.4 is 4.74 Å². The van der Waals surface area contributed by atoms with Crippen LogP contribution in [-0.4, -0.2) is 16.2 Å². The second-order valence-corrected chi connectivity index (χ2v) is 8.08. The number of hydrogen-bond donors (Lipinski definition) is 0. The highest BCUT2D eigenvalue weighted by molar-refractivity contribution is 5.77. The Kier molecular flexibility index (Phi) is 6.64. The molecule has 4 heteroatoms. The van der Waals surface area contributed by atoms with Gasteiger partial charge in [0.05, 0.1) is 12.3 Å². The number of ether oxygens (including phenoxy) is 1. The standard InChI is InChI=1S/C27H25FN2O.C2H6/c1-3-27(28)14-17-31-21-12-13-23(24(27)18-21)26-29-15-16-30(26)25-19(2)8-7-11-22(25)20-9-5-4-6-10-20;1-2/h4-13,15-16,18H,3,14,17H2,1-2H3;1-2H3. The van der Waals surface area contributed by atoms with Gasteiger partial charge in [-0.2, -0.15) is 0 Å². The molecule has 2 heterocycles. The Bertz CT molecular complexity index is 1230. The summed E-state index contributed by atoms with van der Waals surface area (Å²) < 4.78 is 23.8. The van der Waals surface area contributed by atoms with E-state index in [0.29, 0.717) is 30.8 Å². The van der Waals surface area contributed by atoms with Crippen LogP contribution >= 0.6 is 0 Å². The molecule has 0 saturated carbocycles. The van der Waals surface area contributed by atoms with E-state index in [4.69, 9.17) is 4.74 Å². The minimum absolute atomic E-state index is 0.338. The van der Waals surface area contributed by atoms with E-state index in [0.717, 1.165) is 33.8 Å². The number of nitrogens with zero attached hydrogens (tertiary/aromatic N) is 2. The van der Waals surface area contributed by atoms with E-state index in [2.05, 4.69) is 46.8 Å². The lowest BCUT2D eigenvalue weighted by atomic mass is 9.86. The molecule has 1 unspecified atom stereocenters. The molecule has 1 atom stereocenters. The number of alkyl halides is 1. The largest absolute Gasteiger partial charge is 0.493 e. The molecule has 0 radical (unpaired) electrons. The highest BCUT2D eigenvalue weighted by Gasteiger charge is 2.36. The molecule has 0 aliphatic carbocycles. The molecule has 170 valence electrons. The van der Waals surface area contributed by atoms with Gasteiger partial charge in [0.25, 0.3) is 0 Å². The maximum Gasteiger partial charge on any atom is 0.144 e. The smallest absolute Gasteiger partial charge is 0.144 e. The Morgan fingerprint density at radius 1 is 1.00 bits per heavy atom. The van der Waals surface area contributed by atoms with Crippen molar-refractivity contribution in [3.8, 4) is 34.0 Å². The van der Waals surface area contributed by atoms with Gasteiger partial charge in [-0.1, -0.05) is 69.3 Å². The third-order valence-corrected chi connectivity index (χ3v) is 6.25. The molecule has 3 nitrogen and oxygen atoms in total. The number of halogens is 1. The van der Waals surface area contributed by atoms with Gasteiger partial charge in [-0.15, -0.1) is 0 Å². The Morgan fingerprint density at radius 2 is 1.79 bits per heavy atom. The van der Waals surface area contributed by atoms with Crippen LogP contribution in [0.2, 0.25) is 0 Å². The topological polar surface area (TPSA) is 27.1 Å². The Labute approximate surface area is 195 Å². The van der Waals surface area contributed by atoms with Gasteiger partial charge in [0.1, 0.15) is 17.2 Å². The van der Waals surface area contributed by atoms with Crippen LogP contribution in [0.4, 0.5) is 4.39 Å². The number of aryl methyl sites for hydroxylation is 1. The van der Waals surface area contributed by atoms with Crippen LogP contribution in [0.25, 0.3) is 28.2 Å². The lowest BCUT2D eigenvalue weighted by Crippen LogP contribution is -2.21. The van der Waals surface area contributed by atoms with E-state index in [1.807, 2.05) is 63.4 Å². The average molecular weight is 443 g/mol. The number of hydrogen-bond acceptors (Lipinski definition) is 2. The Balaban J connectivity index is 0.00000126.